The first kappa shape index (κ1) is 124. The van der Waals surface area contributed by atoms with Crippen molar-refractivity contribution in [2.45, 2.75) is 292 Å². The summed E-state index contributed by atoms with van der Waals surface area (Å²) in [7, 11) is 4.99. The molecule has 0 saturated heterocycles. The zero-order valence-corrected chi connectivity index (χ0v) is 92.4. The van der Waals surface area contributed by atoms with Crippen LogP contribution >= 0.6 is 34.8 Å². The van der Waals surface area contributed by atoms with Crippen LogP contribution in [0.1, 0.15) is 363 Å². The highest BCUT2D eigenvalue weighted by molar-refractivity contribution is 6.31. The molecule has 0 amide bonds. The summed E-state index contributed by atoms with van der Waals surface area (Å²) in [5.41, 5.74) is 24.2. The molecule has 1 aliphatic rings. The van der Waals surface area contributed by atoms with Crippen molar-refractivity contribution in [3.8, 4) is 34.8 Å². The van der Waals surface area contributed by atoms with Crippen LogP contribution in [0.3, 0.4) is 0 Å². The van der Waals surface area contributed by atoms with Crippen molar-refractivity contribution in [2.24, 2.45) is 0 Å². The van der Waals surface area contributed by atoms with E-state index in [4.69, 9.17) is 63.7 Å². The maximum absolute atomic E-state index is 12.5. The summed E-state index contributed by atoms with van der Waals surface area (Å²) in [4.78, 5) is 0. The molecule has 0 fully saturated rings. The number of aryl methyl sites for hydroxylation is 5. The summed E-state index contributed by atoms with van der Waals surface area (Å²) in [6.07, 6.45) is 0. The molecule has 13 aromatic rings. The van der Waals surface area contributed by atoms with Crippen LogP contribution in [0.2, 0.25) is 15.1 Å². The third-order valence-corrected chi connectivity index (χ3v) is 23.6. The molecule has 750 valence electrons. The zero-order valence-electron chi connectivity index (χ0n) is 90.2. The van der Waals surface area contributed by atoms with Gasteiger partial charge in [0.2, 0.25) is 6.79 Å². The lowest BCUT2D eigenvalue weighted by atomic mass is 9.99. The van der Waals surface area contributed by atoms with Crippen LogP contribution in [0.15, 0.2) is 291 Å². The minimum atomic E-state index is -0.506. The van der Waals surface area contributed by atoms with Crippen molar-refractivity contribution in [1.82, 2.24) is 0 Å². The Morgan fingerprint density at radius 3 is 1.04 bits per heavy atom. The van der Waals surface area contributed by atoms with E-state index in [0.29, 0.717) is 83.4 Å². The maximum Gasteiger partial charge on any atom is 0.231 e. The third-order valence-electron chi connectivity index (χ3n) is 22.7. The molecule has 14 rings (SSSR count). The Kier molecular flexibility index (Phi) is 60.1. The fraction of sp³-hybridized carbons (Fsp3) is 0.378. The number of nitrogens with zero attached hydrogens (tertiary/aromatic N) is 1. The van der Waals surface area contributed by atoms with Gasteiger partial charge in [-0.1, -0.05) is 408 Å². The van der Waals surface area contributed by atoms with Crippen LogP contribution in [0.5, 0.6) is 28.7 Å². The van der Waals surface area contributed by atoms with E-state index in [9.17, 15) is 13.2 Å². The topological polar surface area (TPSA) is 69.9 Å². The fourth-order valence-electron chi connectivity index (χ4n) is 13.2. The van der Waals surface area contributed by atoms with Gasteiger partial charge in [-0.05, 0) is 304 Å². The average molecular weight is 1950 g/mol. The third kappa shape index (κ3) is 50.6. The van der Waals surface area contributed by atoms with Gasteiger partial charge in [0.25, 0.3) is 0 Å². The van der Waals surface area contributed by atoms with Gasteiger partial charge in [0.1, 0.15) is 23.2 Å². The number of fused-ring (bicyclic) bond motifs is 1. The summed E-state index contributed by atoms with van der Waals surface area (Å²) < 4.78 is 63.3. The summed E-state index contributed by atoms with van der Waals surface area (Å²) in [6.45, 7) is 67.0. The molecule has 0 N–H and O–H groups in total. The number of methoxy groups -OCH3 is 3. The standard InChI is InChI=1S/C11H16O2.C11H16.C10H11N.C10H12O2.C10H14O.3C10H14.3C9H11Cl.C9H10F2.C9H11F/c1-8(2)9-5-6-10(12-3)11(7-9)13-4;1-8(2)11-6-5-9(3)10(4)7-11;1-8(2)10-5-3-4-9(6-10)7-11;1-7(2)8-3-4-9-10(5-8)12-6-11-9;1-8(2)9-4-6-10(11-3)7-5-9;1-8(2)10-6-4-9(3)5-7-10;1-8(2)10-6-4-5-9(3)7-10;1-8(2)10-7-5-4-6-9(10)3;1-7(2)8-3-5-9(10)6-4-8;1-7(2)8-4-3-5-9(10)6-8;1-7(2)8-5-3-4-6-9(8)10;1-6(2)7-3-8(10)5-9(11)4-7;1-7(2)8-3-5-9(10)6-4-8/h5-8H,1-4H3;5-8H,1-4H3;3-6,8H,1-2H3;3-5,7H,6H2,1-2H3;4-8H,1-3H3;3*4-8H,1-3H3;3*3-7H,1-2H3;3-6H,1-2H3;3-7H,1-2H3. The Labute approximate surface area is 854 Å². The molecule has 13 aromatic carbocycles. The van der Waals surface area contributed by atoms with Crippen molar-refractivity contribution in [2.75, 3.05) is 28.1 Å². The van der Waals surface area contributed by atoms with Gasteiger partial charge in [0.05, 0.1) is 33.0 Å². The molecule has 0 saturated carbocycles. The van der Waals surface area contributed by atoms with E-state index >= 15 is 0 Å². The van der Waals surface area contributed by atoms with E-state index < -0.39 is 11.6 Å². The minimum absolute atomic E-state index is 0.163. The molecule has 12 heteroatoms. The lowest BCUT2D eigenvalue weighted by Crippen LogP contribution is -1.93. The number of ether oxygens (including phenoxy) is 5. The average Bonchev–Trinajstić information content (AvgIpc) is 1.81. The molecule has 1 aliphatic heterocycles. The maximum atomic E-state index is 12.5. The van der Waals surface area contributed by atoms with Crippen LogP contribution in [0.4, 0.5) is 13.2 Å². The molecule has 0 aromatic heterocycles. The highest BCUT2D eigenvalue weighted by Crippen LogP contribution is 2.36. The molecule has 0 spiro atoms. The van der Waals surface area contributed by atoms with Crippen LogP contribution < -0.4 is 23.7 Å². The molecular weight excluding hydrogens is 1780 g/mol. The fourth-order valence-corrected chi connectivity index (χ4v) is 13.9. The van der Waals surface area contributed by atoms with Crippen molar-refractivity contribution in [1.29, 1.82) is 5.26 Å². The number of benzene rings is 13. The van der Waals surface area contributed by atoms with Gasteiger partial charge in [0, 0.05) is 21.1 Å². The summed E-state index contributed by atoms with van der Waals surface area (Å²) >= 11 is 17.4. The second-order valence-corrected chi connectivity index (χ2v) is 39.9. The van der Waals surface area contributed by atoms with Crippen LogP contribution in [-0.4, -0.2) is 28.1 Å². The van der Waals surface area contributed by atoms with E-state index in [1.165, 1.54) is 119 Å². The molecule has 6 nitrogen and oxygen atoms in total. The Hall–Kier alpha value is -11.0. The highest BCUT2D eigenvalue weighted by Gasteiger charge is 2.15. The monoisotopic (exact) mass is 1950 g/mol. The first-order valence-electron chi connectivity index (χ1n) is 49.0. The number of hydrogen-bond acceptors (Lipinski definition) is 6. The van der Waals surface area contributed by atoms with Crippen molar-refractivity contribution in [3.05, 3.63) is 429 Å². The lowest BCUT2D eigenvalue weighted by molar-refractivity contribution is 0.174. The number of rotatable bonds is 16. The van der Waals surface area contributed by atoms with E-state index in [0.717, 1.165) is 55.4 Å². The first-order chi connectivity index (χ1) is 65.6. The SMILES string of the molecule is CC(C)c1cc(F)cc(F)c1.CC(C)c1ccc(Cl)cc1.CC(C)c1ccc(F)cc1.CC(C)c1ccc2c(c1)OCO2.CC(C)c1cccc(C#N)c1.CC(C)c1cccc(Cl)c1.CC(C)c1ccccc1Cl.COc1ccc(C(C)C)cc1.COc1ccc(C(C)C)cc1OC.Cc1ccc(C(C)C)cc1.Cc1ccc(C(C)C)cc1C.Cc1cccc(C(C)C)c1.Cc1ccccc1C(C)C. The lowest BCUT2D eigenvalue weighted by Gasteiger charge is -2.11. The van der Waals surface area contributed by atoms with Gasteiger partial charge < -0.3 is 23.7 Å². The normalized spacial score (nSPS) is 10.6. The summed E-state index contributed by atoms with van der Waals surface area (Å²) in [5, 5.41) is 11.1. The van der Waals surface area contributed by atoms with Crippen molar-refractivity contribution < 1.29 is 36.9 Å². The summed E-state index contributed by atoms with van der Waals surface area (Å²) in [5.74, 6) is 10.2. The zero-order chi connectivity index (χ0) is 105. The Morgan fingerprint density at radius 2 is 0.640 bits per heavy atom. The molecule has 0 bridgehead atoms. The Bertz CT molecular complexity index is 5350. The summed E-state index contributed by atoms with van der Waals surface area (Å²) in [6, 6.07) is 96.9. The van der Waals surface area contributed by atoms with E-state index in [2.05, 4.69) is 346 Å². The molecule has 0 atom stereocenters. The second-order valence-electron chi connectivity index (χ2n) is 38.7. The molecule has 1 heterocycles. The van der Waals surface area contributed by atoms with Gasteiger partial charge in [-0.3, -0.25) is 0 Å². The quantitative estimate of drug-likeness (QED) is 0.0960. The molecular formula is C127H165Cl3F3NO5. The smallest absolute Gasteiger partial charge is 0.231 e. The molecule has 0 aliphatic carbocycles. The van der Waals surface area contributed by atoms with E-state index in [-0.39, 0.29) is 11.7 Å². The largest absolute Gasteiger partial charge is 0.497 e. The number of nitriles is 1. The molecule has 0 radical (unpaired) electrons. The van der Waals surface area contributed by atoms with Gasteiger partial charge in [0.15, 0.2) is 23.0 Å². The van der Waals surface area contributed by atoms with Crippen LogP contribution in [-0.2, 0) is 0 Å². The van der Waals surface area contributed by atoms with E-state index in [1.807, 2.05) is 135 Å². The molecule has 139 heavy (non-hydrogen) atoms. The van der Waals surface area contributed by atoms with Crippen LogP contribution in [0.25, 0.3) is 0 Å². The van der Waals surface area contributed by atoms with Gasteiger partial charge >= 0.3 is 0 Å². The highest BCUT2D eigenvalue weighted by atomic mass is 35.5. The predicted octanol–water partition coefficient (Wildman–Crippen LogP) is 40.1. The van der Waals surface area contributed by atoms with Crippen LogP contribution in [0, 0.1) is 63.4 Å². The molecule has 0 unspecified atom stereocenters. The second kappa shape index (κ2) is 67.4. The van der Waals surface area contributed by atoms with Gasteiger partial charge in [-0.15, -0.1) is 0 Å². The Balaban J connectivity index is 0.000000510. The van der Waals surface area contributed by atoms with Gasteiger partial charge in [-0.25, -0.2) is 13.2 Å². The number of hydrogen-bond donors (Lipinski definition) is 0. The minimum Gasteiger partial charge on any atom is -0.497 e. The van der Waals surface area contributed by atoms with Crippen molar-refractivity contribution in [3.63, 3.8) is 0 Å². The van der Waals surface area contributed by atoms with Crippen molar-refractivity contribution >= 4 is 34.8 Å². The predicted molar refractivity (Wildman–Crippen MR) is 596 cm³/mol. The first-order valence-corrected chi connectivity index (χ1v) is 50.2. The van der Waals surface area contributed by atoms with E-state index in [1.54, 1.807) is 21.3 Å². The number of halogens is 6. The van der Waals surface area contributed by atoms with Gasteiger partial charge in [-0.2, -0.15) is 5.26 Å². The Morgan fingerprint density at radius 1 is 0.259 bits per heavy atom.